The Labute approximate surface area is 145 Å². The molecular weight excluding hydrogens is 314 g/mol. The fourth-order valence-electron chi connectivity index (χ4n) is 2.52. The van der Waals surface area contributed by atoms with Crippen molar-refractivity contribution in [1.82, 2.24) is 15.2 Å². The molecule has 0 saturated carbocycles. The van der Waals surface area contributed by atoms with Crippen molar-refractivity contribution < 1.29 is 9.15 Å². The summed E-state index contributed by atoms with van der Waals surface area (Å²) in [6.07, 6.45) is 1.74. The molecular formula is C20H15N3O2. The minimum absolute atomic E-state index is 0.463. The second-order valence-corrected chi connectivity index (χ2v) is 5.44. The minimum Gasteiger partial charge on any atom is -0.497 e. The Bertz CT molecular complexity index is 979. The van der Waals surface area contributed by atoms with Gasteiger partial charge in [0.1, 0.15) is 5.75 Å². The summed E-state index contributed by atoms with van der Waals surface area (Å²) < 4.78 is 11.0. The van der Waals surface area contributed by atoms with Gasteiger partial charge < -0.3 is 9.15 Å². The van der Waals surface area contributed by atoms with E-state index in [-0.39, 0.29) is 0 Å². The maximum Gasteiger partial charge on any atom is 0.248 e. The Morgan fingerprint density at radius 1 is 0.760 bits per heavy atom. The molecule has 0 saturated heterocycles. The van der Waals surface area contributed by atoms with E-state index >= 15 is 0 Å². The lowest BCUT2D eigenvalue weighted by atomic mass is 10.1. The zero-order chi connectivity index (χ0) is 17.1. The standard InChI is InChI=1S/C20H15N3O2/c1-24-17-9-7-15(8-10-17)19-22-23-20(25-19)16-11-12-21-18(13-16)14-5-3-2-4-6-14/h2-13H,1H3. The van der Waals surface area contributed by atoms with Crippen LogP contribution in [0.1, 0.15) is 0 Å². The zero-order valence-corrected chi connectivity index (χ0v) is 13.6. The van der Waals surface area contributed by atoms with Gasteiger partial charge in [-0.2, -0.15) is 0 Å². The Morgan fingerprint density at radius 3 is 2.20 bits per heavy atom. The molecule has 0 atom stereocenters. The number of aromatic nitrogens is 3. The summed E-state index contributed by atoms with van der Waals surface area (Å²) in [5.74, 6) is 1.71. The molecule has 25 heavy (non-hydrogen) atoms. The molecule has 0 aliphatic heterocycles. The monoisotopic (exact) mass is 329 g/mol. The molecule has 0 unspecified atom stereocenters. The topological polar surface area (TPSA) is 61.0 Å². The number of hydrogen-bond acceptors (Lipinski definition) is 5. The van der Waals surface area contributed by atoms with Gasteiger partial charge in [0.15, 0.2) is 0 Å². The fourth-order valence-corrected chi connectivity index (χ4v) is 2.52. The van der Waals surface area contributed by atoms with Crippen molar-refractivity contribution in [2.24, 2.45) is 0 Å². The second-order valence-electron chi connectivity index (χ2n) is 5.44. The summed E-state index contributed by atoms with van der Waals surface area (Å²) in [6.45, 7) is 0. The van der Waals surface area contributed by atoms with Crippen molar-refractivity contribution in [2.75, 3.05) is 7.11 Å². The quantitative estimate of drug-likeness (QED) is 0.552. The average Bonchev–Trinajstić information content (AvgIpc) is 3.19. The first-order valence-electron chi connectivity index (χ1n) is 7.83. The van der Waals surface area contributed by atoms with Crippen LogP contribution in [0.15, 0.2) is 77.3 Å². The summed E-state index contributed by atoms with van der Waals surface area (Å²) in [4.78, 5) is 4.42. The first kappa shape index (κ1) is 15.1. The van der Waals surface area contributed by atoms with Crippen molar-refractivity contribution in [1.29, 1.82) is 0 Å². The lowest BCUT2D eigenvalue weighted by Gasteiger charge is -2.02. The predicted molar refractivity (Wildman–Crippen MR) is 95.0 cm³/mol. The normalized spacial score (nSPS) is 10.6. The van der Waals surface area contributed by atoms with Crippen LogP contribution in [0.3, 0.4) is 0 Å². The molecule has 5 nitrogen and oxygen atoms in total. The van der Waals surface area contributed by atoms with Crippen LogP contribution in [0.25, 0.3) is 34.2 Å². The van der Waals surface area contributed by atoms with Crippen LogP contribution >= 0.6 is 0 Å². The summed E-state index contributed by atoms with van der Waals surface area (Å²) in [6, 6.07) is 21.3. The summed E-state index contributed by atoms with van der Waals surface area (Å²) in [5.41, 5.74) is 3.58. The van der Waals surface area contributed by atoms with Crippen molar-refractivity contribution in [3.8, 4) is 39.9 Å². The smallest absolute Gasteiger partial charge is 0.248 e. The molecule has 0 spiro atoms. The highest BCUT2D eigenvalue weighted by molar-refractivity contribution is 5.66. The molecule has 0 N–H and O–H groups in total. The molecule has 2 aromatic heterocycles. The molecule has 122 valence electrons. The lowest BCUT2D eigenvalue weighted by molar-refractivity contribution is 0.415. The van der Waals surface area contributed by atoms with Crippen molar-refractivity contribution >= 4 is 0 Å². The SMILES string of the molecule is COc1ccc(-c2nnc(-c3ccnc(-c4ccccc4)c3)o2)cc1. The van der Waals surface area contributed by atoms with Gasteiger partial charge in [-0.15, -0.1) is 10.2 Å². The van der Waals surface area contributed by atoms with Gasteiger partial charge in [-0.25, -0.2) is 0 Å². The number of pyridine rings is 1. The third-order valence-corrected chi connectivity index (χ3v) is 3.84. The highest BCUT2D eigenvalue weighted by Gasteiger charge is 2.12. The van der Waals surface area contributed by atoms with Crippen LogP contribution in [0.2, 0.25) is 0 Å². The van der Waals surface area contributed by atoms with E-state index in [0.29, 0.717) is 11.8 Å². The molecule has 0 bridgehead atoms. The van der Waals surface area contributed by atoms with Gasteiger partial charge in [0.25, 0.3) is 0 Å². The number of nitrogens with zero attached hydrogens (tertiary/aromatic N) is 3. The van der Waals surface area contributed by atoms with Crippen LogP contribution in [-0.2, 0) is 0 Å². The van der Waals surface area contributed by atoms with E-state index in [1.54, 1.807) is 13.3 Å². The van der Waals surface area contributed by atoms with Crippen molar-refractivity contribution in [2.45, 2.75) is 0 Å². The number of hydrogen-bond donors (Lipinski definition) is 0. The number of ether oxygens (including phenoxy) is 1. The number of rotatable bonds is 4. The van der Waals surface area contributed by atoms with Gasteiger partial charge in [0.05, 0.1) is 12.8 Å². The van der Waals surface area contributed by atoms with E-state index in [2.05, 4.69) is 15.2 Å². The highest BCUT2D eigenvalue weighted by Crippen LogP contribution is 2.27. The van der Waals surface area contributed by atoms with E-state index in [9.17, 15) is 0 Å². The summed E-state index contributed by atoms with van der Waals surface area (Å²) >= 11 is 0. The summed E-state index contributed by atoms with van der Waals surface area (Å²) in [7, 11) is 1.63. The molecule has 0 fully saturated rings. The first-order chi connectivity index (χ1) is 12.3. The Balaban J connectivity index is 1.66. The van der Waals surface area contributed by atoms with Crippen LogP contribution in [-0.4, -0.2) is 22.3 Å². The molecule has 2 aromatic carbocycles. The summed E-state index contributed by atoms with van der Waals surface area (Å²) in [5, 5.41) is 8.31. The van der Waals surface area contributed by atoms with Crippen LogP contribution in [0.4, 0.5) is 0 Å². The highest BCUT2D eigenvalue weighted by atomic mass is 16.5. The van der Waals surface area contributed by atoms with Crippen LogP contribution in [0, 0.1) is 0 Å². The molecule has 2 heterocycles. The van der Waals surface area contributed by atoms with Crippen LogP contribution in [0.5, 0.6) is 5.75 Å². The number of benzene rings is 2. The molecule has 4 aromatic rings. The van der Waals surface area contributed by atoms with E-state index in [1.165, 1.54) is 0 Å². The predicted octanol–water partition coefficient (Wildman–Crippen LogP) is 4.47. The van der Waals surface area contributed by atoms with Crippen LogP contribution < -0.4 is 4.74 Å². The molecule has 0 aliphatic carbocycles. The fraction of sp³-hybridized carbons (Fsp3) is 0.0500. The molecule has 5 heteroatoms. The minimum atomic E-state index is 0.463. The Hall–Kier alpha value is -3.47. The average molecular weight is 329 g/mol. The van der Waals surface area contributed by atoms with Gasteiger partial charge in [0, 0.05) is 22.9 Å². The van der Waals surface area contributed by atoms with Gasteiger partial charge >= 0.3 is 0 Å². The Morgan fingerprint density at radius 2 is 1.48 bits per heavy atom. The molecule has 4 rings (SSSR count). The molecule has 0 aliphatic rings. The van der Waals surface area contributed by atoms with Crippen molar-refractivity contribution in [3.63, 3.8) is 0 Å². The van der Waals surface area contributed by atoms with E-state index in [0.717, 1.165) is 28.1 Å². The van der Waals surface area contributed by atoms with E-state index in [1.807, 2.05) is 66.7 Å². The molecule has 0 amide bonds. The maximum atomic E-state index is 5.83. The van der Waals surface area contributed by atoms with Gasteiger partial charge in [-0.3, -0.25) is 4.98 Å². The van der Waals surface area contributed by atoms with Gasteiger partial charge in [-0.1, -0.05) is 30.3 Å². The lowest BCUT2D eigenvalue weighted by Crippen LogP contribution is -1.85. The van der Waals surface area contributed by atoms with Gasteiger partial charge in [-0.05, 0) is 36.4 Å². The molecule has 0 radical (unpaired) electrons. The van der Waals surface area contributed by atoms with E-state index in [4.69, 9.17) is 9.15 Å². The third kappa shape index (κ3) is 3.12. The Kier molecular flexibility index (Phi) is 3.96. The zero-order valence-electron chi connectivity index (χ0n) is 13.6. The second kappa shape index (κ2) is 6.57. The largest absolute Gasteiger partial charge is 0.497 e. The maximum absolute atomic E-state index is 5.83. The third-order valence-electron chi connectivity index (χ3n) is 3.84. The van der Waals surface area contributed by atoms with E-state index < -0.39 is 0 Å². The van der Waals surface area contributed by atoms with Crippen molar-refractivity contribution in [3.05, 3.63) is 72.9 Å². The first-order valence-corrected chi connectivity index (χ1v) is 7.83. The number of methoxy groups -OCH3 is 1. The van der Waals surface area contributed by atoms with Gasteiger partial charge in [0.2, 0.25) is 11.8 Å².